The van der Waals surface area contributed by atoms with E-state index in [-0.39, 0.29) is 5.91 Å². The molecule has 0 aliphatic rings. The van der Waals surface area contributed by atoms with Crippen LogP contribution in [0.25, 0.3) is 0 Å². The Morgan fingerprint density at radius 1 is 1.10 bits per heavy atom. The predicted octanol–water partition coefficient (Wildman–Crippen LogP) is 4.00. The fourth-order valence-electron chi connectivity index (χ4n) is 1.89. The summed E-state index contributed by atoms with van der Waals surface area (Å²) in [6.45, 7) is 7.13. The molecule has 4 nitrogen and oxygen atoms in total. The van der Waals surface area contributed by atoms with E-state index in [2.05, 4.69) is 12.2 Å². The zero-order valence-electron chi connectivity index (χ0n) is 12.7. The molecular weight excluding hydrogens is 254 g/mol. The van der Waals surface area contributed by atoms with Crippen LogP contribution in [-0.4, -0.2) is 19.1 Å². The van der Waals surface area contributed by atoms with E-state index in [0.717, 1.165) is 25.0 Å². The van der Waals surface area contributed by atoms with Crippen LogP contribution < -0.4 is 14.8 Å². The Kier molecular flexibility index (Phi) is 7.55. The summed E-state index contributed by atoms with van der Waals surface area (Å²) in [5.41, 5.74) is 0.680. The predicted molar refractivity (Wildman–Crippen MR) is 81.6 cm³/mol. The Bertz CT molecular complexity index is 418. The van der Waals surface area contributed by atoms with Gasteiger partial charge in [-0.25, -0.2) is 0 Å². The average Bonchev–Trinajstić information content (AvgIpc) is 2.42. The SMILES string of the molecule is CCCCCC(=O)Nc1cc(OCC)ccc1OCC. The van der Waals surface area contributed by atoms with E-state index in [4.69, 9.17) is 9.47 Å². The fraction of sp³-hybridized carbons (Fsp3) is 0.562. The standard InChI is InChI=1S/C16H25NO3/c1-4-7-8-9-16(18)17-14-12-13(19-5-2)10-11-15(14)20-6-3/h10-12H,4-9H2,1-3H3,(H,17,18). The number of anilines is 1. The molecule has 0 aliphatic carbocycles. The Balaban J connectivity index is 2.72. The first kappa shape index (κ1) is 16.3. The topological polar surface area (TPSA) is 47.6 Å². The molecule has 0 unspecified atom stereocenters. The Labute approximate surface area is 121 Å². The molecule has 0 saturated carbocycles. The minimum atomic E-state index is 0.0213. The first-order valence-electron chi connectivity index (χ1n) is 7.40. The lowest BCUT2D eigenvalue weighted by Gasteiger charge is -2.13. The van der Waals surface area contributed by atoms with Crippen LogP contribution in [0.4, 0.5) is 5.69 Å². The van der Waals surface area contributed by atoms with Crippen LogP contribution in [0.1, 0.15) is 46.5 Å². The van der Waals surface area contributed by atoms with Crippen LogP contribution in [-0.2, 0) is 4.79 Å². The van der Waals surface area contributed by atoms with Gasteiger partial charge in [-0.2, -0.15) is 0 Å². The lowest BCUT2D eigenvalue weighted by Crippen LogP contribution is -2.12. The molecule has 4 heteroatoms. The molecule has 0 aromatic heterocycles. The highest BCUT2D eigenvalue weighted by molar-refractivity contribution is 5.92. The van der Waals surface area contributed by atoms with Crippen LogP contribution in [0.2, 0.25) is 0 Å². The van der Waals surface area contributed by atoms with E-state index >= 15 is 0 Å². The second-order valence-electron chi connectivity index (χ2n) is 4.53. The monoisotopic (exact) mass is 279 g/mol. The van der Waals surface area contributed by atoms with Crippen molar-refractivity contribution in [2.24, 2.45) is 0 Å². The molecule has 0 spiro atoms. The molecule has 0 atom stereocenters. The highest BCUT2D eigenvalue weighted by Crippen LogP contribution is 2.29. The number of rotatable bonds is 9. The van der Waals surface area contributed by atoms with Crippen LogP contribution in [0, 0.1) is 0 Å². The number of hydrogen-bond donors (Lipinski definition) is 1. The van der Waals surface area contributed by atoms with Gasteiger partial charge < -0.3 is 14.8 Å². The second kappa shape index (κ2) is 9.23. The number of ether oxygens (including phenoxy) is 2. The second-order valence-corrected chi connectivity index (χ2v) is 4.53. The van der Waals surface area contributed by atoms with E-state index < -0.39 is 0 Å². The van der Waals surface area contributed by atoms with Crippen molar-refractivity contribution in [3.05, 3.63) is 18.2 Å². The highest BCUT2D eigenvalue weighted by Gasteiger charge is 2.09. The maximum absolute atomic E-state index is 11.9. The van der Waals surface area contributed by atoms with E-state index in [0.29, 0.717) is 31.1 Å². The lowest BCUT2D eigenvalue weighted by atomic mass is 10.2. The van der Waals surface area contributed by atoms with E-state index in [9.17, 15) is 4.79 Å². The van der Waals surface area contributed by atoms with Crippen LogP contribution in [0.3, 0.4) is 0 Å². The summed E-state index contributed by atoms with van der Waals surface area (Å²) in [6, 6.07) is 5.49. The van der Waals surface area contributed by atoms with Crippen LogP contribution in [0.5, 0.6) is 11.5 Å². The molecule has 1 aromatic carbocycles. The van der Waals surface area contributed by atoms with Gasteiger partial charge in [0.1, 0.15) is 11.5 Å². The van der Waals surface area contributed by atoms with Crippen molar-refractivity contribution in [3.8, 4) is 11.5 Å². The minimum Gasteiger partial charge on any atom is -0.494 e. The third-order valence-electron chi connectivity index (χ3n) is 2.84. The van der Waals surface area contributed by atoms with Gasteiger partial charge >= 0.3 is 0 Å². The summed E-state index contributed by atoms with van der Waals surface area (Å²) in [6.07, 6.45) is 3.64. The average molecular weight is 279 g/mol. The molecule has 0 saturated heterocycles. The van der Waals surface area contributed by atoms with Crippen molar-refractivity contribution in [1.29, 1.82) is 0 Å². The summed E-state index contributed by atoms with van der Waals surface area (Å²) in [5, 5.41) is 2.91. The summed E-state index contributed by atoms with van der Waals surface area (Å²) < 4.78 is 11.0. The molecular formula is C16H25NO3. The van der Waals surface area contributed by atoms with Crippen molar-refractivity contribution >= 4 is 11.6 Å². The van der Waals surface area contributed by atoms with Crippen LogP contribution in [0.15, 0.2) is 18.2 Å². The number of nitrogens with one attached hydrogen (secondary N) is 1. The molecule has 0 fully saturated rings. The largest absolute Gasteiger partial charge is 0.494 e. The van der Waals surface area contributed by atoms with E-state index in [1.807, 2.05) is 32.0 Å². The third-order valence-corrected chi connectivity index (χ3v) is 2.84. The quantitative estimate of drug-likeness (QED) is 0.695. The molecule has 1 amide bonds. The van der Waals surface area contributed by atoms with Crippen molar-refractivity contribution in [2.45, 2.75) is 46.5 Å². The smallest absolute Gasteiger partial charge is 0.224 e. The normalized spacial score (nSPS) is 10.2. The first-order valence-corrected chi connectivity index (χ1v) is 7.40. The minimum absolute atomic E-state index is 0.0213. The van der Waals surface area contributed by atoms with Gasteiger partial charge in [-0.05, 0) is 32.4 Å². The molecule has 0 heterocycles. The number of hydrogen-bond acceptors (Lipinski definition) is 3. The summed E-state index contributed by atoms with van der Waals surface area (Å²) in [5.74, 6) is 1.44. The van der Waals surface area contributed by atoms with Crippen molar-refractivity contribution in [2.75, 3.05) is 18.5 Å². The van der Waals surface area contributed by atoms with Gasteiger partial charge in [0, 0.05) is 12.5 Å². The van der Waals surface area contributed by atoms with Gasteiger partial charge in [0.2, 0.25) is 5.91 Å². The first-order chi connectivity index (χ1) is 9.71. The fourth-order valence-corrected chi connectivity index (χ4v) is 1.89. The Morgan fingerprint density at radius 2 is 1.85 bits per heavy atom. The van der Waals surface area contributed by atoms with E-state index in [1.165, 1.54) is 0 Å². The summed E-state index contributed by atoms with van der Waals surface area (Å²) in [4.78, 5) is 11.9. The number of unbranched alkanes of at least 4 members (excludes halogenated alkanes) is 2. The number of benzene rings is 1. The van der Waals surface area contributed by atoms with Gasteiger partial charge in [-0.15, -0.1) is 0 Å². The van der Waals surface area contributed by atoms with Gasteiger partial charge in [0.15, 0.2) is 0 Å². The molecule has 1 rings (SSSR count). The number of carbonyl (C=O) groups excluding carboxylic acids is 1. The maximum Gasteiger partial charge on any atom is 0.224 e. The van der Waals surface area contributed by atoms with Crippen molar-refractivity contribution in [1.82, 2.24) is 0 Å². The lowest BCUT2D eigenvalue weighted by molar-refractivity contribution is -0.116. The highest BCUT2D eigenvalue weighted by atomic mass is 16.5. The zero-order valence-corrected chi connectivity index (χ0v) is 12.7. The molecule has 0 bridgehead atoms. The summed E-state index contributed by atoms with van der Waals surface area (Å²) >= 11 is 0. The van der Waals surface area contributed by atoms with Gasteiger partial charge in [-0.1, -0.05) is 19.8 Å². The van der Waals surface area contributed by atoms with Gasteiger partial charge in [0.05, 0.1) is 18.9 Å². The molecule has 0 aliphatic heterocycles. The Morgan fingerprint density at radius 3 is 2.50 bits per heavy atom. The molecule has 1 N–H and O–H groups in total. The van der Waals surface area contributed by atoms with Crippen molar-refractivity contribution in [3.63, 3.8) is 0 Å². The maximum atomic E-state index is 11.9. The van der Waals surface area contributed by atoms with Crippen molar-refractivity contribution < 1.29 is 14.3 Å². The van der Waals surface area contributed by atoms with Gasteiger partial charge in [0.25, 0.3) is 0 Å². The van der Waals surface area contributed by atoms with Gasteiger partial charge in [-0.3, -0.25) is 4.79 Å². The van der Waals surface area contributed by atoms with Crippen LogP contribution >= 0.6 is 0 Å². The number of amides is 1. The molecule has 112 valence electrons. The summed E-state index contributed by atoms with van der Waals surface area (Å²) in [7, 11) is 0. The zero-order chi connectivity index (χ0) is 14.8. The Hall–Kier alpha value is -1.71. The molecule has 1 aromatic rings. The van der Waals surface area contributed by atoms with E-state index in [1.54, 1.807) is 0 Å². The molecule has 20 heavy (non-hydrogen) atoms. The third kappa shape index (κ3) is 5.51. The molecule has 0 radical (unpaired) electrons. The number of carbonyl (C=O) groups is 1.